The van der Waals surface area contributed by atoms with E-state index in [0.29, 0.717) is 12.2 Å². The van der Waals surface area contributed by atoms with Crippen molar-refractivity contribution in [1.82, 2.24) is 5.32 Å². The van der Waals surface area contributed by atoms with Gasteiger partial charge in [-0.25, -0.2) is 4.39 Å². The van der Waals surface area contributed by atoms with Crippen molar-refractivity contribution in [2.75, 3.05) is 13.1 Å². The predicted octanol–water partition coefficient (Wildman–Crippen LogP) is 3.57. The number of halogens is 1. The van der Waals surface area contributed by atoms with Crippen molar-refractivity contribution in [2.24, 2.45) is 0 Å². The molecular weight excluding hydrogens is 293 g/mol. The maximum Gasteiger partial charge on any atom is 0.159 e. The van der Waals surface area contributed by atoms with Crippen LogP contribution in [0, 0.1) is 5.82 Å². The summed E-state index contributed by atoms with van der Waals surface area (Å²) in [5.41, 5.74) is 3.39. The minimum absolute atomic E-state index is 0.0351. The van der Waals surface area contributed by atoms with Gasteiger partial charge in [-0.1, -0.05) is 30.3 Å². The van der Waals surface area contributed by atoms with E-state index in [0.717, 1.165) is 36.2 Å². The van der Waals surface area contributed by atoms with Gasteiger partial charge in [-0.3, -0.25) is 4.79 Å². The fraction of sp³-hybridized carbons (Fsp3) is 0.316. The number of hydrogen-bond acceptors (Lipinski definition) is 3. The number of ketones is 1. The van der Waals surface area contributed by atoms with Crippen LogP contribution in [0.3, 0.4) is 0 Å². The van der Waals surface area contributed by atoms with Gasteiger partial charge in [0.05, 0.1) is 12.7 Å². The summed E-state index contributed by atoms with van der Waals surface area (Å²) in [4.78, 5) is 11.4. The molecule has 0 bridgehead atoms. The number of carbonyl (C=O) groups excluding carboxylic acids is 1. The molecule has 1 fully saturated rings. The Bertz CT molecular complexity index is 691. The topological polar surface area (TPSA) is 38.3 Å². The van der Waals surface area contributed by atoms with Crippen molar-refractivity contribution >= 4 is 5.78 Å². The van der Waals surface area contributed by atoms with E-state index in [1.807, 2.05) is 12.1 Å². The molecule has 0 amide bonds. The highest BCUT2D eigenvalue weighted by molar-refractivity contribution is 5.94. The second-order valence-electron chi connectivity index (χ2n) is 5.86. The highest BCUT2D eigenvalue weighted by Crippen LogP contribution is 2.26. The number of hydrogen-bond donors (Lipinski definition) is 1. The molecule has 2 aromatic carbocycles. The Balaban J connectivity index is 1.84. The van der Waals surface area contributed by atoms with Crippen LogP contribution in [0.2, 0.25) is 0 Å². The maximum atomic E-state index is 13.6. The van der Waals surface area contributed by atoms with E-state index in [1.165, 1.54) is 12.1 Å². The molecule has 1 heterocycles. The Labute approximate surface area is 135 Å². The van der Waals surface area contributed by atoms with Crippen molar-refractivity contribution in [3.8, 4) is 11.1 Å². The van der Waals surface area contributed by atoms with Crippen molar-refractivity contribution in [2.45, 2.75) is 26.1 Å². The molecule has 3 rings (SSSR count). The largest absolute Gasteiger partial charge is 0.372 e. The van der Waals surface area contributed by atoms with Gasteiger partial charge in [0.1, 0.15) is 5.82 Å². The van der Waals surface area contributed by atoms with Gasteiger partial charge in [0.2, 0.25) is 0 Å². The zero-order valence-corrected chi connectivity index (χ0v) is 13.1. The molecule has 0 aromatic heterocycles. The van der Waals surface area contributed by atoms with Gasteiger partial charge < -0.3 is 10.1 Å². The molecule has 0 spiro atoms. The summed E-state index contributed by atoms with van der Waals surface area (Å²) in [6.07, 6.45) is 1.17. The summed E-state index contributed by atoms with van der Waals surface area (Å²) >= 11 is 0. The Morgan fingerprint density at radius 2 is 2.04 bits per heavy atom. The molecule has 3 nitrogen and oxygen atoms in total. The first-order valence-electron chi connectivity index (χ1n) is 7.85. The number of Topliss-reactive ketones (excluding diaryl/α,β-unsaturated/α-hetero) is 1. The van der Waals surface area contributed by atoms with Crippen LogP contribution >= 0.6 is 0 Å². The second kappa shape index (κ2) is 7.02. The van der Waals surface area contributed by atoms with Crippen LogP contribution in [0.25, 0.3) is 11.1 Å². The first kappa shape index (κ1) is 15.8. The van der Waals surface area contributed by atoms with Crippen molar-refractivity contribution < 1.29 is 13.9 Å². The summed E-state index contributed by atoms with van der Waals surface area (Å²) < 4.78 is 19.5. The Kier molecular flexibility index (Phi) is 4.84. The second-order valence-corrected chi connectivity index (χ2v) is 5.86. The maximum absolute atomic E-state index is 13.6. The Hall–Kier alpha value is -2.04. The third-order valence-corrected chi connectivity index (χ3v) is 4.16. The van der Waals surface area contributed by atoms with E-state index < -0.39 is 0 Å². The van der Waals surface area contributed by atoms with Crippen molar-refractivity contribution in [3.63, 3.8) is 0 Å². The summed E-state index contributed by atoms with van der Waals surface area (Å²) in [7, 11) is 0. The molecule has 1 atom stereocenters. The summed E-state index contributed by atoms with van der Waals surface area (Å²) in [6, 6.07) is 12.1. The number of benzene rings is 2. The quantitative estimate of drug-likeness (QED) is 0.858. The Morgan fingerprint density at radius 1 is 1.26 bits per heavy atom. The molecular formula is C19H20FNO2. The first-order chi connectivity index (χ1) is 11.1. The van der Waals surface area contributed by atoms with Gasteiger partial charge in [0, 0.05) is 12.1 Å². The lowest BCUT2D eigenvalue weighted by Gasteiger charge is -2.14. The molecule has 0 saturated carbocycles. The fourth-order valence-corrected chi connectivity index (χ4v) is 2.83. The standard InChI is InChI=1S/C19H20FNO2/c1-13(22)14-2-4-15(5-3-14)19-7-6-17(20)10-16(19)12-23-18-8-9-21-11-18/h2-7,10,18,21H,8-9,11-12H2,1H3/t18-/m0/s1. The molecule has 120 valence electrons. The van der Waals surface area contributed by atoms with Gasteiger partial charge in [0.15, 0.2) is 5.78 Å². The van der Waals surface area contributed by atoms with Gasteiger partial charge in [-0.15, -0.1) is 0 Å². The van der Waals surface area contributed by atoms with Crippen LogP contribution in [0.5, 0.6) is 0 Å². The van der Waals surface area contributed by atoms with E-state index in [-0.39, 0.29) is 17.7 Å². The lowest BCUT2D eigenvalue weighted by atomic mass is 9.98. The zero-order chi connectivity index (χ0) is 16.2. The van der Waals surface area contributed by atoms with E-state index in [1.54, 1.807) is 25.1 Å². The SMILES string of the molecule is CC(=O)c1ccc(-c2ccc(F)cc2CO[C@H]2CCNC2)cc1. The average molecular weight is 313 g/mol. The lowest BCUT2D eigenvalue weighted by Crippen LogP contribution is -2.16. The van der Waals surface area contributed by atoms with Crippen LogP contribution < -0.4 is 5.32 Å². The lowest BCUT2D eigenvalue weighted by molar-refractivity contribution is 0.0543. The van der Waals surface area contributed by atoms with Gasteiger partial charge >= 0.3 is 0 Å². The predicted molar refractivity (Wildman–Crippen MR) is 87.9 cm³/mol. The minimum atomic E-state index is -0.266. The van der Waals surface area contributed by atoms with Crippen LogP contribution in [-0.4, -0.2) is 25.0 Å². The number of ether oxygens (including phenoxy) is 1. The molecule has 1 saturated heterocycles. The van der Waals surface area contributed by atoms with E-state index in [4.69, 9.17) is 4.74 Å². The smallest absolute Gasteiger partial charge is 0.159 e. The molecule has 0 unspecified atom stereocenters. The number of nitrogens with one attached hydrogen (secondary N) is 1. The van der Waals surface area contributed by atoms with Crippen LogP contribution in [-0.2, 0) is 11.3 Å². The zero-order valence-electron chi connectivity index (χ0n) is 13.1. The van der Waals surface area contributed by atoms with Crippen molar-refractivity contribution in [1.29, 1.82) is 0 Å². The van der Waals surface area contributed by atoms with Gasteiger partial charge in [0.25, 0.3) is 0 Å². The highest BCUT2D eigenvalue weighted by Gasteiger charge is 2.16. The van der Waals surface area contributed by atoms with E-state index in [2.05, 4.69) is 5.32 Å². The van der Waals surface area contributed by atoms with Crippen LogP contribution in [0.15, 0.2) is 42.5 Å². The first-order valence-corrected chi connectivity index (χ1v) is 7.85. The molecule has 4 heteroatoms. The van der Waals surface area contributed by atoms with Gasteiger partial charge in [-0.2, -0.15) is 0 Å². The molecule has 1 N–H and O–H groups in total. The third-order valence-electron chi connectivity index (χ3n) is 4.16. The molecule has 23 heavy (non-hydrogen) atoms. The average Bonchev–Trinajstić information content (AvgIpc) is 3.06. The summed E-state index contributed by atoms with van der Waals surface area (Å²) in [5.74, 6) is -0.231. The molecule has 1 aliphatic heterocycles. The summed E-state index contributed by atoms with van der Waals surface area (Å²) in [6.45, 7) is 3.74. The normalized spacial score (nSPS) is 17.4. The number of carbonyl (C=O) groups is 1. The molecule has 0 radical (unpaired) electrons. The van der Waals surface area contributed by atoms with E-state index in [9.17, 15) is 9.18 Å². The van der Waals surface area contributed by atoms with E-state index >= 15 is 0 Å². The minimum Gasteiger partial charge on any atom is -0.372 e. The monoisotopic (exact) mass is 313 g/mol. The molecule has 1 aliphatic rings. The van der Waals surface area contributed by atoms with Crippen LogP contribution in [0.4, 0.5) is 4.39 Å². The van der Waals surface area contributed by atoms with Crippen molar-refractivity contribution in [3.05, 3.63) is 59.4 Å². The fourth-order valence-electron chi connectivity index (χ4n) is 2.83. The molecule has 0 aliphatic carbocycles. The summed E-state index contributed by atoms with van der Waals surface area (Å²) in [5, 5.41) is 3.25. The van der Waals surface area contributed by atoms with Gasteiger partial charge in [-0.05, 0) is 48.7 Å². The molecule has 2 aromatic rings. The van der Waals surface area contributed by atoms with Crippen LogP contribution in [0.1, 0.15) is 29.3 Å². The highest BCUT2D eigenvalue weighted by atomic mass is 19.1. The Morgan fingerprint density at radius 3 is 2.70 bits per heavy atom. The third kappa shape index (κ3) is 3.84. The number of rotatable bonds is 5.